The third-order valence-electron chi connectivity index (χ3n) is 6.66. The summed E-state index contributed by atoms with van der Waals surface area (Å²) >= 11 is 0. The minimum absolute atomic E-state index is 0. The molecule has 13 heteroatoms. The third kappa shape index (κ3) is 7.40. The summed E-state index contributed by atoms with van der Waals surface area (Å²) in [5.41, 5.74) is 7.16. The first-order chi connectivity index (χ1) is 20.2. The number of fused-ring (bicyclic) bond motifs is 2. The second-order valence-corrected chi connectivity index (χ2v) is 10.9. The Morgan fingerprint density at radius 3 is 2.36 bits per heavy atom. The highest BCUT2D eigenvalue weighted by Crippen LogP contribution is 2.35. The molecule has 2 heterocycles. The van der Waals surface area contributed by atoms with E-state index in [-0.39, 0.29) is 31.4 Å². The van der Waals surface area contributed by atoms with Crippen LogP contribution in [0.2, 0.25) is 0 Å². The van der Waals surface area contributed by atoms with Gasteiger partial charge in [-0.05, 0) is 81.0 Å². The predicted molar refractivity (Wildman–Crippen MR) is 156 cm³/mol. The number of carbonyl (C=O) groups is 3. The van der Waals surface area contributed by atoms with E-state index in [0.717, 1.165) is 39.5 Å². The Kier molecular flexibility index (Phi) is 10.2. The van der Waals surface area contributed by atoms with Crippen molar-refractivity contribution in [2.75, 3.05) is 0 Å². The van der Waals surface area contributed by atoms with Crippen LogP contribution >= 0.6 is 0 Å². The van der Waals surface area contributed by atoms with E-state index in [2.05, 4.69) is 15.4 Å². The van der Waals surface area contributed by atoms with E-state index in [9.17, 15) is 32.7 Å². The summed E-state index contributed by atoms with van der Waals surface area (Å²) in [5.74, 6) is -4.40. The summed E-state index contributed by atoms with van der Waals surface area (Å²) in [7, 11) is 0. The van der Waals surface area contributed by atoms with Crippen molar-refractivity contribution in [2.24, 2.45) is 5.73 Å². The summed E-state index contributed by atoms with van der Waals surface area (Å²) in [6.45, 7) is 7.42. The van der Waals surface area contributed by atoms with Crippen LogP contribution in [-0.4, -0.2) is 43.2 Å². The predicted octanol–water partition coefficient (Wildman–Crippen LogP) is 5.31. The van der Waals surface area contributed by atoms with Crippen LogP contribution in [0.15, 0.2) is 42.6 Å². The van der Waals surface area contributed by atoms with Crippen molar-refractivity contribution in [3.8, 4) is 0 Å². The molecule has 4 N–H and O–H groups in total. The van der Waals surface area contributed by atoms with Crippen LogP contribution in [0.5, 0.6) is 0 Å². The highest BCUT2D eigenvalue weighted by atomic mass is 19.1. The number of hydrogen-bond donors (Lipinski definition) is 3. The van der Waals surface area contributed by atoms with Gasteiger partial charge >= 0.3 is 11.9 Å². The highest BCUT2D eigenvalue weighted by Gasteiger charge is 2.30. The number of nitrogens with two attached hydrogens (primary N) is 1. The Morgan fingerprint density at radius 2 is 1.77 bits per heavy atom. The molecule has 4 aromatic rings. The monoisotopic (exact) mass is 613 g/mol. The number of esters is 1. The molecular formula is C31H34F3N5O5. The lowest BCUT2D eigenvalue weighted by Gasteiger charge is -2.21. The van der Waals surface area contributed by atoms with E-state index < -0.39 is 46.6 Å². The number of carbonyl (C=O) groups excluding carboxylic acids is 2. The Balaban J connectivity index is 0.000000410. The summed E-state index contributed by atoms with van der Waals surface area (Å²) in [6, 6.07) is 7.41. The van der Waals surface area contributed by atoms with E-state index in [4.69, 9.17) is 10.5 Å². The molecule has 0 unspecified atom stereocenters. The van der Waals surface area contributed by atoms with Gasteiger partial charge in [0.15, 0.2) is 17.2 Å². The van der Waals surface area contributed by atoms with E-state index in [1.54, 1.807) is 32.9 Å². The number of hydrogen-bond acceptors (Lipinski definition) is 7. The number of amides is 1. The lowest BCUT2D eigenvalue weighted by atomic mass is 9.97. The van der Waals surface area contributed by atoms with Gasteiger partial charge in [-0.3, -0.25) is 4.79 Å². The van der Waals surface area contributed by atoms with Gasteiger partial charge in [-0.1, -0.05) is 13.5 Å². The number of aromatic nitrogens is 3. The number of nitrogens with one attached hydrogen (secondary N) is 1. The maximum atomic E-state index is 14.0. The highest BCUT2D eigenvalue weighted by molar-refractivity contribution is 5.96. The van der Waals surface area contributed by atoms with Crippen molar-refractivity contribution in [3.05, 3.63) is 99.3 Å². The van der Waals surface area contributed by atoms with Gasteiger partial charge in [-0.15, -0.1) is 0 Å². The van der Waals surface area contributed by atoms with Gasteiger partial charge in [0.05, 0.1) is 17.8 Å². The Hall–Kier alpha value is -4.78. The summed E-state index contributed by atoms with van der Waals surface area (Å²) < 4.78 is 45.1. The third-order valence-corrected chi connectivity index (χ3v) is 6.66. The second kappa shape index (κ2) is 13.2. The fourth-order valence-electron chi connectivity index (χ4n) is 4.75. The molecular weight excluding hydrogens is 579 g/mol. The molecule has 5 rings (SSSR count). The first kappa shape index (κ1) is 33.7. The van der Waals surface area contributed by atoms with Gasteiger partial charge < -0.3 is 20.9 Å². The van der Waals surface area contributed by atoms with Crippen LogP contribution in [-0.2, 0) is 17.7 Å². The molecule has 0 spiro atoms. The first-order valence-corrected chi connectivity index (χ1v) is 13.3. The Labute approximate surface area is 252 Å². The lowest BCUT2D eigenvalue weighted by Crippen LogP contribution is -2.29. The van der Waals surface area contributed by atoms with E-state index in [1.165, 1.54) is 12.1 Å². The van der Waals surface area contributed by atoms with Crippen molar-refractivity contribution in [1.29, 1.82) is 0 Å². The Bertz CT molecular complexity index is 1710. The SMILES string of the molecule is C.Cc1c(C(=O)OC(C)(C)C)ccc2c1CC[C@@H]2NC(=O)c1cc(C(=O)O)nc2c(F)cnn12.NCc1cc(F)cc(F)c1. The molecule has 0 fully saturated rings. The van der Waals surface area contributed by atoms with Crippen LogP contribution in [0.25, 0.3) is 5.65 Å². The zero-order valence-electron chi connectivity index (χ0n) is 23.9. The zero-order chi connectivity index (χ0) is 31.6. The number of carboxylic acids is 1. The molecule has 2 aromatic carbocycles. The minimum atomic E-state index is -1.39. The van der Waals surface area contributed by atoms with Gasteiger partial charge in [0, 0.05) is 18.7 Å². The molecule has 1 aliphatic carbocycles. The fraction of sp³-hybridized carbons (Fsp3) is 0.323. The molecule has 2 aromatic heterocycles. The topological polar surface area (TPSA) is 149 Å². The van der Waals surface area contributed by atoms with Gasteiger partial charge in [0.25, 0.3) is 5.91 Å². The largest absolute Gasteiger partial charge is 0.477 e. The minimum Gasteiger partial charge on any atom is -0.477 e. The molecule has 1 amide bonds. The number of benzene rings is 2. The number of aromatic carboxylic acids is 1. The molecule has 0 saturated carbocycles. The standard InChI is InChI=1S/C23H23FN4O5.C7H7F2N.CH4/c1-11-12-7-8-16(14(12)6-5-13(11)22(32)33-23(2,3)4)27-20(29)18-9-17(21(30)31)26-19-15(24)10-25-28(18)19;8-6-1-5(4-10)2-7(9)3-6;/h5-6,9-10,16H,7-8H2,1-4H3,(H,27,29)(H,30,31);1-3H,4,10H2;1H4/t16-;;/m0../s1. The molecule has 0 saturated heterocycles. The molecule has 10 nitrogen and oxygen atoms in total. The van der Waals surface area contributed by atoms with E-state index in [0.29, 0.717) is 24.0 Å². The molecule has 0 bridgehead atoms. The number of carboxylic acid groups (broad SMARTS) is 1. The summed E-state index contributed by atoms with van der Waals surface area (Å²) in [5, 5.41) is 16.0. The maximum absolute atomic E-state index is 14.0. The number of halogens is 3. The molecule has 44 heavy (non-hydrogen) atoms. The normalized spacial score (nSPS) is 13.8. The molecule has 234 valence electrons. The van der Waals surface area contributed by atoms with Gasteiger partial charge in [-0.25, -0.2) is 32.3 Å². The first-order valence-electron chi connectivity index (χ1n) is 13.3. The van der Waals surface area contributed by atoms with Crippen LogP contribution in [0.4, 0.5) is 13.2 Å². The van der Waals surface area contributed by atoms with Crippen molar-refractivity contribution in [3.63, 3.8) is 0 Å². The van der Waals surface area contributed by atoms with Crippen molar-refractivity contribution >= 4 is 23.5 Å². The van der Waals surface area contributed by atoms with Crippen molar-refractivity contribution in [1.82, 2.24) is 19.9 Å². The van der Waals surface area contributed by atoms with Gasteiger partial charge in [-0.2, -0.15) is 5.10 Å². The van der Waals surface area contributed by atoms with Crippen molar-refractivity contribution < 1.29 is 37.4 Å². The molecule has 0 aliphatic heterocycles. The second-order valence-electron chi connectivity index (χ2n) is 10.9. The van der Waals surface area contributed by atoms with Crippen LogP contribution in [0.3, 0.4) is 0 Å². The smallest absolute Gasteiger partial charge is 0.354 e. The zero-order valence-corrected chi connectivity index (χ0v) is 23.9. The van der Waals surface area contributed by atoms with Crippen LogP contribution < -0.4 is 11.1 Å². The molecule has 0 radical (unpaired) electrons. The van der Waals surface area contributed by atoms with Gasteiger partial charge in [0.2, 0.25) is 0 Å². The average molecular weight is 614 g/mol. The molecule has 1 aliphatic rings. The number of ether oxygens (including phenoxy) is 1. The van der Waals surface area contributed by atoms with Crippen molar-refractivity contribution in [2.45, 2.75) is 66.2 Å². The average Bonchev–Trinajstić information content (AvgIpc) is 3.50. The number of rotatable bonds is 5. The van der Waals surface area contributed by atoms with E-state index >= 15 is 0 Å². The van der Waals surface area contributed by atoms with E-state index in [1.807, 2.05) is 6.92 Å². The lowest BCUT2D eigenvalue weighted by molar-refractivity contribution is 0.00682. The van der Waals surface area contributed by atoms with Crippen LogP contribution in [0.1, 0.15) is 94.2 Å². The number of nitrogens with zero attached hydrogens (tertiary/aromatic N) is 3. The van der Waals surface area contributed by atoms with Gasteiger partial charge in [0.1, 0.15) is 22.9 Å². The summed E-state index contributed by atoms with van der Waals surface area (Å²) in [4.78, 5) is 40.7. The fourth-order valence-corrected chi connectivity index (χ4v) is 4.75. The maximum Gasteiger partial charge on any atom is 0.354 e. The quantitative estimate of drug-likeness (QED) is 0.257. The Morgan fingerprint density at radius 1 is 1.11 bits per heavy atom. The summed E-state index contributed by atoms with van der Waals surface area (Å²) in [6.07, 6.45) is 2.11. The van der Waals surface area contributed by atoms with Crippen LogP contribution in [0, 0.1) is 24.4 Å². The molecule has 1 atom stereocenters.